The number of ether oxygens (including phenoxy) is 1. The van der Waals surface area contributed by atoms with Crippen molar-refractivity contribution >= 4 is 17.7 Å². The Morgan fingerprint density at radius 3 is 2.48 bits per heavy atom. The molecule has 0 bridgehead atoms. The number of amides is 1. The van der Waals surface area contributed by atoms with E-state index in [0.29, 0.717) is 31.4 Å². The first-order valence-corrected chi connectivity index (χ1v) is 10.0. The highest BCUT2D eigenvalue weighted by atomic mass is 16.5. The van der Waals surface area contributed by atoms with E-state index >= 15 is 0 Å². The minimum Gasteiger partial charge on any atom is -0.378 e. The van der Waals surface area contributed by atoms with Gasteiger partial charge in [-0.1, -0.05) is 0 Å². The van der Waals surface area contributed by atoms with Crippen LogP contribution in [0.25, 0.3) is 0 Å². The average Bonchev–Trinajstić information content (AvgIpc) is 2.86. The third-order valence-electron chi connectivity index (χ3n) is 5.70. The summed E-state index contributed by atoms with van der Waals surface area (Å²) in [5.74, 6) is 1.65. The van der Waals surface area contributed by atoms with Crippen molar-refractivity contribution in [3.63, 3.8) is 0 Å². The van der Waals surface area contributed by atoms with Crippen molar-refractivity contribution in [2.75, 3.05) is 69.3 Å². The molecule has 0 N–H and O–H groups in total. The van der Waals surface area contributed by atoms with Gasteiger partial charge in [-0.2, -0.15) is 4.98 Å². The SMILES string of the molecule is CC(C)N1Cc2c(nc(N3CCOCC3)nc2N2CCCN(C)CC2)C1=O. The summed E-state index contributed by atoms with van der Waals surface area (Å²) in [5, 5.41) is 0. The van der Waals surface area contributed by atoms with Crippen LogP contribution in [0.5, 0.6) is 0 Å². The van der Waals surface area contributed by atoms with Gasteiger partial charge in [0, 0.05) is 44.3 Å². The normalized spacial score (nSPS) is 21.8. The molecule has 1 aromatic rings. The van der Waals surface area contributed by atoms with Crippen LogP contribution in [0.4, 0.5) is 11.8 Å². The van der Waals surface area contributed by atoms with E-state index in [1.165, 1.54) is 0 Å². The fourth-order valence-electron chi connectivity index (χ4n) is 4.00. The number of rotatable bonds is 3. The molecule has 4 heterocycles. The molecule has 2 saturated heterocycles. The molecule has 1 aromatic heterocycles. The molecule has 4 rings (SSSR count). The zero-order chi connectivity index (χ0) is 19.0. The predicted molar refractivity (Wildman–Crippen MR) is 104 cm³/mol. The lowest BCUT2D eigenvalue weighted by atomic mass is 10.2. The number of nitrogens with zero attached hydrogens (tertiary/aromatic N) is 6. The molecular formula is C19H30N6O2. The van der Waals surface area contributed by atoms with Crippen molar-refractivity contribution in [2.45, 2.75) is 32.9 Å². The van der Waals surface area contributed by atoms with Crippen molar-refractivity contribution in [1.82, 2.24) is 19.8 Å². The quantitative estimate of drug-likeness (QED) is 0.776. The maximum Gasteiger partial charge on any atom is 0.273 e. The van der Waals surface area contributed by atoms with Gasteiger partial charge in [0.05, 0.1) is 19.8 Å². The van der Waals surface area contributed by atoms with Crippen LogP contribution in [-0.2, 0) is 11.3 Å². The van der Waals surface area contributed by atoms with Gasteiger partial charge in [-0.25, -0.2) is 4.98 Å². The van der Waals surface area contributed by atoms with Gasteiger partial charge in [-0.3, -0.25) is 4.79 Å². The van der Waals surface area contributed by atoms with Crippen LogP contribution < -0.4 is 9.80 Å². The Morgan fingerprint density at radius 1 is 0.963 bits per heavy atom. The minimum atomic E-state index is 0.0325. The van der Waals surface area contributed by atoms with Crippen molar-refractivity contribution in [3.8, 4) is 0 Å². The number of morpholine rings is 1. The Kier molecular flexibility index (Phi) is 5.19. The zero-order valence-electron chi connectivity index (χ0n) is 16.6. The number of anilines is 2. The highest BCUT2D eigenvalue weighted by molar-refractivity contribution is 5.98. The Hall–Kier alpha value is -1.93. The van der Waals surface area contributed by atoms with Crippen molar-refractivity contribution in [2.24, 2.45) is 0 Å². The standard InChI is InChI=1S/C19H30N6O2/c1-14(2)25-13-15-16(18(25)26)20-19(24-9-11-27-12-10-24)21-17(15)23-6-4-5-22(3)7-8-23/h14H,4-13H2,1-3H3. The summed E-state index contributed by atoms with van der Waals surface area (Å²) in [4.78, 5) is 31.4. The zero-order valence-corrected chi connectivity index (χ0v) is 16.6. The van der Waals surface area contributed by atoms with Crippen LogP contribution in [0.3, 0.4) is 0 Å². The fourth-order valence-corrected chi connectivity index (χ4v) is 4.00. The molecule has 0 spiro atoms. The van der Waals surface area contributed by atoms with Gasteiger partial charge in [0.15, 0.2) is 0 Å². The summed E-state index contributed by atoms with van der Waals surface area (Å²) in [5.41, 5.74) is 1.59. The van der Waals surface area contributed by atoms with E-state index in [4.69, 9.17) is 14.7 Å². The van der Waals surface area contributed by atoms with E-state index in [1.807, 2.05) is 4.90 Å². The van der Waals surface area contributed by atoms with Gasteiger partial charge >= 0.3 is 0 Å². The van der Waals surface area contributed by atoms with E-state index in [1.54, 1.807) is 0 Å². The molecule has 1 amide bonds. The van der Waals surface area contributed by atoms with Crippen molar-refractivity contribution in [1.29, 1.82) is 0 Å². The Balaban J connectivity index is 1.73. The summed E-state index contributed by atoms with van der Waals surface area (Å²) in [7, 11) is 2.16. The summed E-state index contributed by atoms with van der Waals surface area (Å²) < 4.78 is 5.47. The molecular weight excluding hydrogens is 344 g/mol. The lowest BCUT2D eigenvalue weighted by Gasteiger charge is -2.29. The molecule has 0 unspecified atom stereocenters. The van der Waals surface area contributed by atoms with E-state index in [-0.39, 0.29) is 11.9 Å². The molecule has 27 heavy (non-hydrogen) atoms. The third kappa shape index (κ3) is 3.60. The maximum absolute atomic E-state index is 13.0. The van der Waals surface area contributed by atoms with E-state index in [0.717, 1.165) is 57.1 Å². The van der Waals surface area contributed by atoms with Crippen LogP contribution >= 0.6 is 0 Å². The Bertz CT molecular complexity index is 704. The second-order valence-electron chi connectivity index (χ2n) is 7.94. The molecule has 0 atom stereocenters. The highest BCUT2D eigenvalue weighted by Gasteiger charge is 2.36. The summed E-state index contributed by atoms with van der Waals surface area (Å²) in [6, 6.07) is 0.154. The first-order chi connectivity index (χ1) is 13.0. The lowest BCUT2D eigenvalue weighted by Crippen LogP contribution is -2.38. The van der Waals surface area contributed by atoms with Gasteiger partial charge in [0.25, 0.3) is 5.91 Å². The number of carbonyl (C=O) groups excluding carboxylic acids is 1. The van der Waals surface area contributed by atoms with Crippen LogP contribution in [0.15, 0.2) is 0 Å². The maximum atomic E-state index is 13.0. The van der Waals surface area contributed by atoms with Crippen LogP contribution in [0, 0.1) is 0 Å². The number of fused-ring (bicyclic) bond motifs is 1. The Labute approximate surface area is 161 Å². The highest BCUT2D eigenvalue weighted by Crippen LogP contribution is 2.33. The first kappa shape index (κ1) is 18.4. The lowest BCUT2D eigenvalue weighted by molar-refractivity contribution is 0.0726. The van der Waals surface area contributed by atoms with Gasteiger partial charge in [0.1, 0.15) is 11.5 Å². The molecule has 0 saturated carbocycles. The number of hydrogen-bond acceptors (Lipinski definition) is 7. The number of likely N-dealkylation sites (N-methyl/N-ethyl adjacent to an activating group) is 1. The monoisotopic (exact) mass is 374 g/mol. The second-order valence-corrected chi connectivity index (χ2v) is 7.94. The average molecular weight is 374 g/mol. The summed E-state index contributed by atoms with van der Waals surface area (Å²) in [6.45, 7) is 11.6. The summed E-state index contributed by atoms with van der Waals surface area (Å²) in [6.07, 6.45) is 1.10. The molecule has 0 aliphatic carbocycles. The molecule has 3 aliphatic heterocycles. The van der Waals surface area contributed by atoms with Gasteiger partial charge in [0.2, 0.25) is 5.95 Å². The van der Waals surface area contributed by atoms with Crippen LogP contribution in [0.1, 0.15) is 36.3 Å². The van der Waals surface area contributed by atoms with Gasteiger partial charge in [-0.15, -0.1) is 0 Å². The number of carbonyl (C=O) groups is 1. The van der Waals surface area contributed by atoms with Gasteiger partial charge < -0.3 is 24.3 Å². The molecule has 8 nitrogen and oxygen atoms in total. The molecule has 8 heteroatoms. The number of hydrogen-bond donors (Lipinski definition) is 0. The van der Waals surface area contributed by atoms with E-state index in [2.05, 4.69) is 35.6 Å². The molecule has 0 aromatic carbocycles. The molecule has 0 radical (unpaired) electrons. The molecule has 2 fully saturated rings. The van der Waals surface area contributed by atoms with Crippen LogP contribution in [-0.4, -0.2) is 91.2 Å². The van der Waals surface area contributed by atoms with Gasteiger partial charge in [-0.05, 0) is 33.9 Å². The predicted octanol–water partition coefficient (Wildman–Crippen LogP) is 0.819. The number of aromatic nitrogens is 2. The smallest absolute Gasteiger partial charge is 0.273 e. The topological polar surface area (TPSA) is 65.0 Å². The van der Waals surface area contributed by atoms with E-state index in [9.17, 15) is 4.79 Å². The minimum absolute atomic E-state index is 0.0325. The van der Waals surface area contributed by atoms with Crippen molar-refractivity contribution in [3.05, 3.63) is 11.3 Å². The second kappa shape index (κ2) is 7.59. The first-order valence-electron chi connectivity index (χ1n) is 10.0. The van der Waals surface area contributed by atoms with Crippen LogP contribution in [0.2, 0.25) is 0 Å². The van der Waals surface area contributed by atoms with E-state index < -0.39 is 0 Å². The third-order valence-corrected chi connectivity index (χ3v) is 5.70. The largest absolute Gasteiger partial charge is 0.378 e. The summed E-state index contributed by atoms with van der Waals surface area (Å²) >= 11 is 0. The fraction of sp³-hybridized carbons (Fsp3) is 0.737. The Morgan fingerprint density at radius 2 is 1.74 bits per heavy atom. The molecule has 3 aliphatic rings. The molecule has 148 valence electrons. The van der Waals surface area contributed by atoms with Crippen molar-refractivity contribution < 1.29 is 9.53 Å².